The maximum atomic E-state index is 11.9. The highest BCUT2D eigenvalue weighted by molar-refractivity contribution is 5.77. The summed E-state index contributed by atoms with van der Waals surface area (Å²) in [5.41, 5.74) is 4.09. The number of ether oxygens (including phenoxy) is 1. The molecule has 0 heterocycles. The van der Waals surface area contributed by atoms with Crippen LogP contribution in [0.4, 0.5) is 0 Å². The molecule has 0 fully saturated rings. The zero-order valence-electron chi connectivity index (χ0n) is 15.5. The minimum Gasteiger partial charge on any atom is -0.484 e. The second-order valence-electron chi connectivity index (χ2n) is 7.00. The molecule has 1 amide bonds. The molecule has 0 bridgehead atoms. The predicted octanol–water partition coefficient (Wildman–Crippen LogP) is 3.19. The third-order valence-electron chi connectivity index (χ3n) is 4.77. The van der Waals surface area contributed by atoms with Crippen molar-refractivity contribution in [2.45, 2.75) is 32.2 Å². The molecule has 3 rings (SSSR count). The van der Waals surface area contributed by atoms with Gasteiger partial charge in [0.05, 0.1) is 0 Å². The van der Waals surface area contributed by atoms with Crippen molar-refractivity contribution >= 4 is 5.91 Å². The number of carbonyl (C=O) groups excluding carboxylic acids is 1. The van der Waals surface area contributed by atoms with Crippen molar-refractivity contribution in [2.75, 3.05) is 26.7 Å². The van der Waals surface area contributed by atoms with Crippen molar-refractivity contribution in [3.05, 3.63) is 65.2 Å². The van der Waals surface area contributed by atoms with E-state index in [9.17, 15) is 4.79 Å². The van der Waals surface area contributed by atoms with Crippen LogP contribution in [0, 0.1) is 0 Å². The molecule has 0 spiro atoms. The van der Waals surface area contributed by atoms with E-state index in [0.717, 1.165) is 38.1 Å². The number of hydrogen-bond donors (Lipinski definition) is 1. The van der Waals surface area contributed by atoms with E-state index < -0.39 is 0 Å². The van der Waals surface area contributed by atoms with E-state index in [1.54, 1.807) is 0 Å². The van der Waals surface area contributed by atoms with Gasteiger partial charge in [0, 0.05) is 13.1 Å². The lowest BCUT2D eigenvalue weighted by atomic mass is 10.1. The van der Waals surface area contributed by atoms with Gasteiger partial charge in [0.1, 0.15) is 5.75 Å². The summed E-state index contributed by atoms with van der Waals surface area (Å²) in [7, 11) is 2.10. The fraction of sp³-hybridized carbons (Fsp3) is 0.409. The Morgan fingerprint density at radius 2 is 1.92 bits per heavy atom. The molecular weight excluding hydrogens is 324 g/mol. The lowest BCUT2D eigenvalue weighted by Gasteiger charge is -2.16. The minimum absolute atomic E-state index is 0.0591. The number of rotatable bonds is 9. The molecule has 0 radical (unpaired) electrons. The zero-order chi connectivity index (χ0) is 18.2. The highest BCUT2D eigenvalue weighted by Crippen LogP contribution is 2.25. The molecule has 4 heteroatoms. The normalized spacial score (nSPS) is 12.8. The summed E-state index contributed by atoms with van der Waals surface area (Å²) in [6.45, 7) is 2.63. The van der Waals surface area contributed by atoms with Gasteiger partial charge in [0.15, 0.2) is 6.61 Å². The van der Waals surface area contributed by atoms with E-state index in [4.69, 9.17) is 4.74 Å². The van der Waals surface area contributed by atoms with Crippen LogP contribution in [0.2, 0.25) is 0 Å². The average Bonchev–Trinajstić information content (AvgIpc) is 3.12. The van der Waals surface area contributed by atoms with Gasteiger partial charge in [-0.3, -0.25) is 4.79 Å². The molecule has 138 valence electrons. The van der Waals surface area contributed by atoms with Crippen LogP contribution in [0.1, 0.15) is 29.5 Å². The zero-order valence-corrected chi connectivity index (χ0v) is 15.5. The molecule has 1 aliphatic rings. The fourth-order valence-electron chi connectivity index (χ4n) is 3.39. The quantitative estimate of drug-likeness (QED) is 0.705. The first-order valence-corrected chi connectivity index (χ1v) is 9.44. The maximum Gasteiger partial charge on any atom is 0.257 e. The SMILES string of the molecule is CN(CCCNC(=O)COc1ccc2c(c1)CCC2)Cc1ccccc1. The van der Waals surface area contributed by atoms with E-state index in [1.807, 2.05) is 12.1 Å². The van der Waals surface area contributed by atoms with Gasteiger partial charge in [-0.25, -0.2) is 0 Å². The molecular formula is C22H28N2O2. The Balaban J connectivity index is 1.29. The number of nitrogens with zero attached hydrogens (tertiary/aromatic N) is 1. The van der Waals surface area contributed by atoms with Crippen LogP contribution in [0.15, 0.2) is 48.5 Å². The first-order chi connectivity index (χ1) is 12.7. The van der Waals surface area contributed by atoms with E-state index >= 15 is 0 Å². The van der Waals surface area contributed by atoms with Crippen LogP contribution in [-0.4, -0.2) is 37.6 Å². The number of amides is 1. The summed E-state index contributed by atoms with van der Waals surface area (Å²) in [5, 5.41) is 2.93. The van der Waals surface area contributed by atoms with Gasteiger partial charge in [-0.2, -0.15) is 0 Å². The Morgan fingerprint density at radius 1 is 1.12 bits per heavy atom. The Morgan fingerprint density at radius 3 is 2.77 bits per heavy atom. The van der Waals surface area contributed by atoms with Crippen molar-refractivity contribution < 1.29 is 9.53 Å². The van der Waals surface area contributed by atoms with Crippen LogP contribution in [-0.2, 0) is 24.2 Å². The lowest BCUT2D eigenvalue weighted by Crippen LogP contribution is -2.31. The predicted molar refractivity (Wildman–Crippen MR) is 104 cm³/mol. The van der Waals surface area contributed by atoms with Gasteiger partial charge >= 0.3 is 0 Å². The number of carbonyl (C=O) groups is 1. The smallest absolute Gasteiger partial charge is 0.257 e. The molecule has 0 atom stereocenters. The van der Waals surface area contributed by atoms with Gasteiger partial charge in [-0.15, -0.1) is 0 Å². The molecule has 4 nitrogen and oxygen atoms in total. The van der Waals surface area contributed by atoms with Gasteiger partial charge in [0.2, 0.25) is 0 Å². The monoisotopic (exact) mass is 352 g/mol. The molecule has 0 aliphatic heterocycles. The van der Waals surface area contributed by atoms with Gasteiger partial charge in [-0.05, 0) is 68.1 Å². The summed E-state index contributed by atoms with van der Waals surface area (Å²) in [5.74, 6) is 0.736. The third-order valence-corrected chi connectivity index (χ3v) is 4.77. The van der Waals surface area contributed by atoms with E-state index in [2.05, 4.69) is 53.7 Å². The molecule has 0 saturated heterocycles. The number of fused-ring (bicyclic) bond motifs is 1. The fourth-order valence-corrected chi connectivity index (χ4v) is 3.39. The minimum atomic E-state index is -0.0591. The largest absolute Gasteiger partial charge is 0.484 e. The molecule has 1 aliphatic carbocycles. The third kappa shape index (κ3) is 5.60. The lowest BCUT2D eigenvalue weighted by molar-refractivity contribution is -0.123. The van der Waals surface area contributed by atoms with Crippen LogP contribution < -0.4 is 10.1 Å². The standard InChI is InChI=1S/C22H28N2O2/c1-24(16-18-7-3-2-4-8-18)14-6-13-23-22(25)17-26-21-12-11-19-9-5-10-20(19)15-21/h2-4,7-8,11-12,15H,5-6,9-10,13-14,16-17H2,1H3,(H,23,25). The summed E-state index contributed by atoms with van der Waals surface area (Å²) in [6.07, 6.45) is 4.43. The van der Waals surface area contributed by atoms with Crippen molar-refractivity contribution in [3.63, 3.8) is 0 Å². The van der Waals surface area contributed by atoms with Gasteiger partial charge in [-0.1, -0.05) is 36.4 Å². The van der Waals surface area contributed by atoms with Crippen molar-refractivity contribution in [1.29, 1.82) is 0 Å². The number of aryl methyl sites for hydroxylation is 2. The summed E-state index contributed by atoms with van der Waals surface area (Å²) < 4.78 is 5.63. The van der Waals surface area contributed by atoms with Crippen molar-refractivity contribution in [1.82, 2.24) is 10.2 Å². The molecule has 0 saturated carbocycles. The van der Waals surface area contributed by atoms with E-state index in [0.29, 0.717) is 6.54 Å². The second kappa shape index (κ2) is 9.39. The number of hydrogen-bond acceptors (Lipinski definition) is 3. The summed E-state index contributed by atoms with van der Waals surface area (Å²) in [4.78, 5) is 14.2. The molecule has 26 heavy (non-hydrogen) atoms. The molecule has 2 aromatic rings. The Hall–Kier alpha value is -2.33. The van der Waals surface area contributed by atoms with Gasteiger partial charge in [0.25, 0.3) is 5.91 Å². The Bertz CT molecular complexity index is 715. The van der Waals surface area contributed by atoms with Crippen LogP contribution >= 0.6 is 0 Å². The highest BCUT2D eigenvalue weighted by Gasteiger charge is 2.11. The number of benzene rings is 2. The van der Waals surface area contributed by atoms with Crippen LogP contribution in [0.5, 0.6) is 5.75 Å². The molecule has 0 unspecified atom stereocenters. The summed E-state index contributed by atoms with van der Waals surface area (Å²) >= 11 is 0. The first-order valence-electron chi connectivity index (χ1n) is 9.44. The Kier molecular flexibility index (Phi) is 6.67. The molecule has 0 aromatic heterocycles. The maximum absolute atomic E-state index is 11.9. The summed E-state index contributed by atoms with van der Waals surface area (Å²) in [6, 6.07) is 16.6. The molecule has 2 aromatic carbocycles. The molecule has 1 N–H and O–H groups in total. The second-order valence-corrected chi connectivity index (χ2v) is 7.00. The average molecular weight is 352 g/mol. The first kappa shape index (κ1) is 18.5. The number of nitrogens with one attached hydrogen (secondary N) is 1. The van der Waals surface area contributed by atoms with Crippen LogP contribution in [0.25, 0.3) is 0 Å². The van der Waals surface area contributed by atoms with Crippen LogP contribution in [0.3, 0.4) is 0 Å². The van der Waals surface area contributed by atoms with E-state index in [1.165, 1.54) is 23.1 Å². The van der Waals surface area contributed by atoms with Gasteiger partial charge < -0.3 is 15.0 Å². The van der Waals surface area contributed by atoms with E-state index in [-0.39, 0.29) is 12.5 Å². The van der Waals surface area contributed by atoms with Crippen molar-refractivity contribution in [3.8, 4) is 5.75 Å². The topological polar surface area (TPSA) is 41.6 Å². The highest BCUT2D eigenvalue weighted by atomic mass is 16.5. The van der Waals surface area contributed by atoms with Crippen molar-refractivity contribution in [2.24, 2.45) is 0 Å². The Labute approximate surface area is 156 Å².